The Bertz CT molecular complexity index is 870. The van der Waals surface area contributed by atoms with Crippen molar-refractivity contribution in [1.82, 2.24) is 25.4 Å². The maximum Gasteiger partial charge on any atom is 0.237 e. The number of rotatable bonds is 5. The van der Waals surface area contributed by atoms with Crippen LogP contribution in [-0.2, 0) is 11.3 Å². The first-order valence-corrected chi connectivity index (χ1v) is 8.87. The first kappa shape index (κ1) is 16.5. The molecule has 0 spiro atoms. The molecule has 0 radical (unpaired) electrons. The number of hydrogen-bond donors (Lipinski definition) is 2. The average Bonchev–Trinajstić information content (AvgIpc) is 3.38. The van der Waals surface area contributed by atoms with Crippen molar-refractivity contribution >= 4 is 5.91 Å². The van der Waals surface area contributed by atoms with Gasteiger partial charge >= 0.3 is 0 Å². The van der Waals surface area contributed by atoms with Crippen molar-refractivity contribution in [3.63, 3.8) is 0 Å². The van der Waals surface area contributed by atoms with E-state index in [0.717, 1.165) is 41.9 Å². The molecule has 0 aliphatic carbocycles. The molecule has 1 unspecified atom stereocenters. The van der Waals surface area contributed by atoms with Crippen LogP contribution in [0, 0.1) is 0 Å². The summed E-state index contributed by atoms with van der Waals surface area (Å²) in [6.07, 6.45) is 7.43. The average molecular weight is 347 g/mol. The second-order valence-corrected chi connectivity index (χ2v) is 6.39. The van der Waals surface area contributed by atoms with Crippen LogP contribution in [-0.4, -0.2) is 33.3 Å². The molecule has 0 saturated carbocycles. The van der Waals surface area contributed by atoms with E-state index < -0.39 is 0 Å². The topological polar surface area (TPSA) is 71.8 Å². The molecule has 0 bridgehead atoms. The molecule has 1 aromatic carbocycles. The van der Waals surface area contributed by atoms with Gasteiger partial charge in [0, 0.05) is 36.3 Å². The van der Waals surface area contributed by atoms with Gasteiger partial charge in [0.15, 0.2) is 0 Å². The molecule has 1 fully saturated rings. The lowest BCUT2D eigenvalue weighted by molar-refractivity contribution is -0.122. The lowest BCUT2D eigenvalue weighted by atomic mass is 10.1. The van der Waals surface area contributed by atoms with Crippen LogP contribution in [0.1, 0.15) is 18.4 Å². The molecule has 1 aliphatic rings. The Hall–Kier alpha value is -2.99. The molecule has 6 heteroatoms. The van der Waals surface area contributed by atoms with Crippen molar-refractivity contribution < 1.29 is 4.79 Å². The van der Waals surface area contributed by atoms with Crippen molar-refractivity contribution in [3.8, 4) is 16.9 Å². The summed E-state index contributed by atoms with van der Waals surface area (Å²) in [5.74, 6) is 0.0515. The maximum absolute atomic E-state index is 12.3. The van der Waals surface area contributed by atoms with Crippen molar-refractivity contribution in [2.45, 2.75) is 25.4 Å². The highest BCUT2D eigenvalue weighted by molar-refractivity contribution is 5.82. The van der Waals surface area contributed by atoms with Gasteiger partial charge in [0.05, 0.1) is 17.4 Å². The van der Waals surface area contributed by atoms with Crippen LogP contribution in [0.25, 0.3) is 16.9 Å². The van der Waals surface area contributed by atoms with Gasteiger partial charge in [-0.3, -0.25) is 9.78 Å². The summed E-state index contributed by atoms with van der Waals surface area (Å²) in [6, 6.07) is 13.7. The number of carbonyl (C=O) groups is 1. The Balaban J connectivity index is 1.61. The molecule has 132 valence electrons. The van der Waals surface area contributed by atoms with E-state index in [1.165, 1.54) is 0 Å². The molecule has 26 heavy (non-hydrogen) atoms. The minimum Gasteiger partial charge on any atom is -0.351 e. The Morgan fingerprint density at radius 2 is 2.00 bits per heavy atom. The fourth-order valence-corrected chi connectivity index (χ4v) is 3.22. The van der Waals surface area contributed by atoms with Gasteiger partial charge in [0.1, 0.15) is 0 Å². The SMILES string of the molecule is O=C(NCc1cn(-c2ccccc2)nc1-c1ccncc1)C1CCCN1. The van der Waals surface area contributed by atoms with Gasteiger partial charge < -0.3 is 10.6 Å². The van der Waals surface area contributed by atoms with Gasteiger partial charge in [-0.1, -0.05) is 18.2 Å². The molecule has 2 N–H and O–H groups in total. The monoisotopic (exact) mass is 347 g/mol. The molecule has 1 saturated heterocycles. The predicted octanol–water partition coefficient (Wildman–Crippen LogP) is 2.30. The summed E-state index contributed by atoms with van der Waals surface area (Å²) in [4.78, 5) is 16.4. The van der Waals surface area contributed by atoms with Gasteiger partial charge in [0.2, 0.25) is 5.91 Å². The normalized spacial score (nSPS) is 16.5. The van der Waals surface area contributed by atoms with E-state index in [4.69, 9.17) is 5.10 Å². The number of nitrogens with zero attached hydrogens (tertiary/aromatic N) is 3. The van der Waals surface area contributed by atoms with E-state index in [1.807, 2.05) is 53.3 Å². The Morgan fingerprint density at radius 1 is 1.19 bits per heavy atom. The molecule has 1 aliphatic heterocycles. The van der Waals surface area contributed by atoms with E-state index in [-0.39, 0.29) is 11.9 Å². The van der Waals surface area contributed by atoms with Gasteiger partial charge in [-0.25, -0.2) is 4.68 Å². The summed E-state index contributed by atoms with van der Waals surface area (Å²) in [5, 5.41) is 11.0. The molecule has 3 heterocycles. The summed E-state index contributed by atoms with van der Waals surface area (Å²) in [7, 11) is 0. The van der Waals surface area contributed by atoms with Crippen molar-refractivity contribution in [1.29, 1.82) is 0 Å². The molecular weight excluding hydrogens is 326 g/mol. The highest BCUT2D eigenvalue weighted by Crippen LogP contribution is 2.23. The van der Waals surface area contributed by atoms with Crippen LogP contribution in [0.4, 0.5) is 0 Å². The number of amides is 1. The van der Waals surface area contributed by atoms with Crippen LogP contribution >= 0.6 is 0 Å². The number of para-hydroxylation sites is 1. The molecular formula is C20H21N5O. The van der Waals surface area contributed by atoms with Crippen molar-refractivity contribution in [3.05, 3.63) is 66.6 Å². The van der Waals surface area contributed by atoms with Crippen LogP contribution in [0.2, 0.25) is 0 Å². The quantitative estimate of drug-likeness (QED) is 0.743. The van der Waals surface area contributed by atoms with E-state index in [9.17, 15) is 4.79 Å². The Kier molecular flexibility index (Phi) is 4.75. The number of benzene rings is 1. The summed E-state index contributed by atoms with van der Waals surface area (Å²) in [6.45, 7) is 1.35. The second kappa shape index (κ2) is 7.49. The summed E-state index contributed by atoms with van der Waals surface area (Å²) < 4.78 is 1.85. The van der Waals surface area contributed by atoms with Crippen molar-refractivity contribution in [2.24, 2.45) is 0 Å². The number of pyridine rings is 1. The highest BCUT2D eigenvalue weighted by atomic mass is 16.2. The number of aromatic nitrogens is 3. The minimum atomic E-state index is -0.0801. The first-order valence-electron chi connectivity index (χ1n) is 8.87. The van der Waals surface area contributed by atoms with Gasteiger partial charge in [-0.2, -0.15) is 5.10 Å². The van der Waals surface area contributed by atoms with Crippen molar-refractivity contribution in [2.75, 3.05) is 6.54 Å². The smallest absolute Gasteiger partial charge is 0.237 e. The number of hydrogen-bond acceptors (Lipinski definition) is 4. The summed E-state index contributed by atoms with van der Waals surface area (Å²) >= 11 is 0. The zero-order valence-corrected chi connectivity index (χ0v) is 14.4. The second-order valence-electron chi connectivity index (χ2n) is 6.39. The van der Waals surface area contributed by atoms with Crippen LogP contribution < -0.4 is 10.6 Å². The van der Waals surface area contributed by atoms with Gasteiger partial charge in [-0.05, 0) is 43.7 Å². The lowest BCUT2D eigenvalue weighted by Crippen LogP contribution is -2.40. The Labute approximate surface area is 152 Å². The molecule has 1 amide bonds. The standard InChI is InChI=1S/C20H21N5O/c26-20(18-7-4-10-22-18)23-13-16-14-25(17-5-2-1-3-6-17)24-19(16)15-8-11-21-12-9-15/h1-3,5-6,8-9,11-12,14,18,22H,4,7,10,13H2,(H,23,26). The maximum atomic E-state index is 12.3. The van der Waals surface area contributed by atoms with E-state index >= 15 is 0 Å². The van der Waals surface area contributed by atoms with Gasteiger partial charge in [-0.15, -0.1) is 0 Å². The molecule has 4 rings (SSSR count). The van der Waals surface area contributed by atoms with Crippen LogP contribution in [0.5, 0.6) is 0 Å². The predicted molar refractivity (Wildman–Crippen MR) is 99.7 cm³/mol. The van der Waals surface area contributed by atoms with E-state index in [2.05, 4.69) is 15.6 Å². The van der Waals surface area contributed by atoms with E-state index in [0.29, 0.717) is 6.54 Å². The summed E-state index contributed by atoms with van der Waals surface area (Å²) in [5.41, 5.74) is 3.80. The fraction of sp³-hybridized carbons (Fsp3) is 0.250. The zero-order chi connectivity index (χ0) is 17.8. The lowest BCUT2D eigenvalue weighted by Gasteiger charge is -2.11. The Morgan fingerprint density at radius 3 is 2.73 bits per heavy atom. The molecule has 2 aromatic heterocycles. The molecule has 6 nitrogen and oxygen atoms in total. The third-order valence-corrected chi connectivity index (χ3v) is 4.59. The fourth-order valence-electron chi connectivity index (χ4n) is 3.22. The number of carbonyl (C=O) groups excluding carboxylic acids is 1. The molecule has 3 aromatic rings. The van der Waals surface area contributed by atoms with Crippen LogP contribution in [0.15, 0.2) is 61.1 Å². The third-order valence-electron chi connectivity index (χ3n) is 4.59. The van der Waals surface area contributed by atoms with Gasteiger partial charge in [0.25, 0.3) is 0 Å². The zero-order valence-electron chi connectivity index (χ0n) is 14.4. The highest BCUT2D eigenvalue weighted by Gasteiger charge is 2.22. The number of nitrogens with one attached hydrogen (secondary N) is 2. The van der Waals surface area contributed by atoms with Crippen LogP contribution in [0.3, 0.4) is 0 Å². The first-order chi connectivity index (χ1) is 12.8. The third kappa shape index (κ3) is 3.50. The van der Waals surface area contributed by atoms with E-state index in [1.54, 1.807) is 12.4 Å². The minimum absolute atomic E-state index is 0.0515. The largest absolute Gasteiger partial charge is 0.351 e. The molecule has 1 atom stereocenters.